The van der Waals surface area contributed by atoms with Gasteiger partial charge in [-0.15, -0.1) is 0 Å². The number of hydrogen-bond donors (Lipinski definition) is 2. The second-order valence-electron chi connectivity index (χ2n) is 4.30. The first-order valence-corrected chi connectivity index (χ1v) is 5.63. The largest absolute Gasteiger partial charge is 0.384 e. The Morgan fingerprint density at radius 3 is 2.94 bits per heavy atom. The molecule has 0 aromatic carbocycles. The van der Waals surface area contributed by atoms with Crippen LogP contribution in [-0.4, -0.2) is 36.4 Å². The number of rotatable bonds is 5. The molecule has 0 radical (unpaired) electrons. The van der Waals surface area contributed by atoms with Crippen molar-refractivity contribution >= 4 is 11.7 Å². The summed E-state index contributed by atoms with van der Waals surface area (Å²) in [4.78, 5) is 17.4. The minimum Gasteiger partial charge on any atom is -0.384 e. The Bertz CT molecular complexity index is 381. The SMILES string of the molecule is CNC(=O)C(C)CN(C)Cc1ccnc(N)c1. The van der Waals surface area contributed by atoms with Gasteiger partial charge in [0.2, 0.25) is 5.91 Å². The van der Waals surface area contributed by atoms with Gasteiger partial charge in [0.15, 0.2) is 0 Å². The lowest BCUT2D eigenvalue weighted by Gasteiger charge is -2.20. The Morgan fingerprint density at radius 2 is 2.35 bits per heavy atom. The fourth-order valence-electron chi connectivity index (χ4n) is 1.77. The molecule has 3 N–H and O–H groups in total. The standard InChI is InChI=1S/C12H20N4O/c1-9(12(17)14-2)7-16(3)8-10-4-5-15-11(13)6-10/h4-6,9H,7-8H2,1-3H3,(H2,13,15)(H,14,17). The molecule has 1 atom stereocenters. The maximum Gasteiger partial charge on any atom is 0.223 e. The highest BCUT2D eigenvalue weighted by Crippen LogP contribution is 2.07. The summed E-state index contributed by atoms with van der Waals surface area (Å²) < 4.78 is 0. The van der Waals surface area contributed by atoms with Gasteiger partial charge in [-0.2, -0.15) is 0 Å². The molecule has 0 aliphatic heterocycles. The monoisotopic (exact) mass is 236 g/mol. The first kappa shape index (κ1) is 13.4. The third-order valence-electron chi connectivity index (χ3n) is 2.58. The molecule has 5 heteroatoms. The number of hydrogen-bond acceptors (Lipinski definition) is 4. The Hall–Kier alpha value is -1.62. The highest BCUT2D eigenvalue weighted by atomic mass is 16.1. The van der Waals surface area contributed by atoms with Crippen molar-refractivity contribution in [3.8, 4) is 0 Å². The molecule has 1 aromatic rings. The van der Waals surface area contributed by atoms with Crippen LogP contribution in [0.25, 0.3) is 0 Å². The van der Waals surface area contributed by atoms with Gasteiger partial charge in [-0.25, -0.2) is 4.98 Å². The van der Waals surface area contributed by atoms with Crippen molar-refractivity contribution in [3.05, 3.63) is 23.9 Å². The first-order valence-electron chi connectivity index (χ1n) is 5.63. The zero-order chi connectivity index (χ0) is 12.8. The number of nitrogens with two attached hydrogens (primary N) is 1. The van der Waals surface area contributed by atoms with Crippen molar-refractivity contribution in [1.29, 1.82) is 0 Å². The minimum absolute atomic E-state index is 0.0239. The number of nitrogens with zero attached hydrogens (tertiary/aromatic N) is 2. The second-order valence-corrected chi connectivity index (χ2v) is 4.30. The van der Waals surface area contributed by atoms with Crippen molar-refractivity contribution in [2.75, 3.05) is 26.4 Å². The first-order chi connectivity index (χ1) is 8.02. The van der Waals surface area contributed by atoms with Gasteiger partial charge in [-0.05, 0) is 24.7 Å². The van der Waals surface area contributed by atoms with Crippen LogP contribution < -0.4 is 11.1 Å². The van der Waals surface area contributed by atoms with Crippen LogP contribution in [0.1, 0.15) is 12.5 Å². The summed E-state index contributed by atoms with van der Waals surface area (Å²) in [5, 5.41) is 2.65. The van der Waals surface area contributed by atoms with Gasteiger partial charge in [0.05, 0.1) is 0 Å². The number of pyridine rings is 1. The predicted molar refractivity (Wildman–Crippen MR) is 68.2 cm³/mol. The third-order valence-corrected chi connectivity index (χ3v) is 2.58. The molecule has 1 aromatic heterocycles. The molecule has 5 nitrogen and oxygen atoms in total. The van der Waals surface area contributed by atoms with Crippen LogP contribution in [-0.2, 0) is 11.3 Å². The highest BCUT2D eigenvalue weighted by Gasteiger charge is 2.13. The molecule has 0 aliphatic carbocycles. The fraction of sp³-hybridized carbons (Fsp3) is 0.500. The van der Waals surface area contributed by atoms with E-state index in [1.165, 1.54) is 0 Å². The number of nitrogens with one attached hydrogen (secondary N) is 1. The highest BCUT2D eigenvalue weighted by molar-refractivity contribution is 5.78. The van der Waals surface area contributed by atoms with Gasteiger partial charge in [0.25, 0.3) is 0 Å². The van der Waals surface area contributed by atoms with Crippen LogP contribution in [0.5, 0.6) is 0 Å². The summed E-state index contributed by atoms with van der Waals surface area (Å²) in [6.45, 7) is 3.38. The van der Waals surface area contributed by atoms with E-state index in [1.54, 1.807) is 13.2 Å². The van der Waals surface area contributed by atoms with Crippen LogP contribution in [0.15, 0.2) is 18.3 Å². The summed E-state index contributed by atoms with van der Waals surface area (Å²) in [7, 11) is 3.64. The van der Waals surface area contributed by atoms with Crippen LogP contribution in [0.4, 0.5) is 5.82 Å². The summed E-state index contributed by atoms with van der Waals surface area (Å²) in [6.07, 6.45) is 1.70. The maximum absolute atomic E-state index is 11.4. The maximum atomic E-state index is 11.4. The van der Waals surface area contributed by atoms with E-state index in [2.05, 4.69) is 15.2 Å². The van der Waals surface area contributed by atoms with E-state index in [9.17, 15) is 4.79 Å². The average Bonchev–Trinajstić information content (AvgIpc) is 2.27. The van der Waals surface area contributed by atoms with Crippen LogP contribution >= 0.6 is 0 Å². The lowest BCUT2D eigenvalue weighted by molar-refractivity contribution is -0.124. The quantitative estimate of drug-likeness (QED) is 0.780. The molecule has 0 saturated carbocycles. The Morgan fingerprint density at radius 1 is 1.65 bits per heavy atom. The number of carbonyl (C=O) groups excluding carboxylic acids is 1. The van der Waals surface area contributed by atoms with E-state index in [4.69, 9.17) is 5.73 Å². The predicted octanol–water partition coefficient (Wildman–Crippen LogP) is 0.478. The van der Waals surface area contributed by atoms with E-state index < -0.39 is 0 Å². The van der Waals surface area contributed by atoms with Gasteiger partial charge >= 0.3 is 0 Å². The molecule has 94 valence electrons. The molecule has 1 rings (SSSR count). The summed E-state index contributed by atoms with van der Waals surface area (Å²) in [6, 6.07) is 3.78. The summed E-state index contributed by atoms with van der Waals surface area (Å²) in [5.74, 6) is 0.561. The fourth-order valence-corrected chi connectivity index (χ4v) is 1.77. The van der Waals surface area contributed by atoms with Crippen molar-refractivity contribution in [1.82, 2.24) is 15.2 Å². The molecule has 1 amide bonds. The normalized spacial score (nSPS) is 12.5. The van der Waals surface area contributed by atoms with E-state index in [1.807, 2.05) is 26.1 Å². The number of nitrogen functional groups attached to an aromatic ring is 1. The molecule has 0 aliphatic rings. The number of anilines is 1. The Labute approximate surface area is 102 Å². The lowest BCUT2D eigenvalue weighted by atomic mass is 10.1. The van der Waals surface area contributed by atoms with E-state index in [-0.39, 0.29) is 11.8 Å². The summed E-state index contributed by atoms with van der Waals surface area (Å²) in [5.41, 5.74) is 6.71. The number of aromatic nitrogens is 1. The van der Waals surface area contributed by atoms with Gasteiger partial charge in [0, 0.05) is 32.3 Å². The van der Waals surface area contributed by atoms with E-state index in [0.717, 1.165) is 12.1 Å². The molecule has 0 saturated heterocycles. The molecule has 17 heavy (non-hydrogen) atoms. The average molecular weight is 236 g/mol. The van der Waals surface area contributed by atoms with Gasteiger partial charge < -0.3 is 16.0 Å². The van der Waals surface area contributed by atoms with E-state index >= 15 is 0 Å². The number of amides is 1. The Balaban J connectivity index is 2.49. The van der Waals surface area contributed by atoms with Crippen molar-refractivity contribution in [2.45, 2.75) is 13.5 Å². The number of carbonyl (C=O) groups is 1. The topological polar surface area (TPSA) is 71.2 Å². The Kier molecular flexibility index (Phi) is 4.90. The second kappa shape index (κ2) is 6.20. The zero-order valence-corrected chi connectivity index (χ0v) is 10.6. The van der Waals surface area contributed by atoms with Crippen LogP contribution in [0.3, 0.4) is 0 Å². The van der Waals surface area contributed by atoms with Gasteiger partial charge in [-0.1, -0.05) is 6.92 Å². The minimum atomic E-state index is -0.0239. The zero-order valence-electron chi connectivity index (χ0n) is 10.6. The van der Waals surface area contributed by atoms with Crippen LogP contribution in [0, 0.1) is 5.92 Å². The van der Waals surface area contributed by atoms with Gasteiger partial charge in [0.1, 0.15) is 5.82 Å². The lowest BCUT2D eigenvalue weighted by Crippen LogP contribution is -2.34. The van der Waals surface area contributed by atoms with Crippen molar-refractivity contribution in [3.63, 3.8) is 0 Å². The van der Waals surface area contributed by atoms with Crippen LogP contribution in [0.2, 0.25) is 0 Å². The summed E-state index contributed by atoms with van der Waals surface area (Å²) >= 11 is 0. The molecular weight excluding hydrogens is 216 g/mol. The van der Waals surface area contributed by atoms with Crippen molar-refractivity contribution < 1.29 is 4.79 Å². The molecule has 0 spiro atoms. The molecule has 1 heterocycles. The molecule has 1 unspecified atom stereocenters. The van der Waals surface area contributed by atoms with Gasteiger partial charge in [-0.3, -0.25) is 4.79 Å². The third kappa shape index (κ3) is 4.40. The van der Waals surface area contributed by atoms with E-state index in [0.29, 0.717) is 12.4 Å². The molecule has 0 fully saturated rings. The smallest absolute Gasteiger partial charge is 0.223 e. The molecule has 0 bridgehead atoms. The molecular formula is C12H20N4O. The van der Waals surface area contributed by atoms with Crippen molar-refractivity contribution in [2.24, 2.45) is 5.92 Å².